The fourth-order valence-electron chi connectivity index (χ4n) is 3.62. The van der Waals surface area contributed by atoms with Crippen LogP contribution in [0.15, 0.2) is 42.0 Å². The lowest BCUT2D eigenvalue weighted by molar-refractivity contribution is -0.139. The molecule has 1 aromatic carbocycles. The van der Waals surface area contributed by atoms with Crippen molar-refractivity contribution in [2.24, 2.45) is 17.8 Å². The second-order valence-corrected chi connectivity index (χ2v) is 6.27. The number of likely N-dealkylation sites (tertiary alicyclic amines) is 1. The van der Waals surface area contributed by atoms with E-state index in [-0.39, 0.29) is 35.7 Å². The summed E-state index contributed by atoms with van der Waals surface area (Å²) in [5.41, 5.74) is 2.11. The molecule has 1 saturated heterocycles. The van der Waals surface area contributed by atoms with Crippen molar-refractivity contribution >= 4 is 11.8 Å². The molecule has 2 aliphatic rings. The Balaban J connectivity index is 1.84. The standard InChI is InChI=1S/C18H21NO3/c1-11-9-12(2)16(22-10-13-7-5-4-6-8-13)15-14(11)17(20)19(3)18(15)21/h4-9,11,14-16H,10H2,1-3H3/t11-,14-,15-,16+/m0/s1. The maximum absolute atomic E-state index is 12.5. The Morgan fingerprint density at radius 3 is 2.41 bits per heavy atom. The summed E-state index contributed by atoms with van der Waals surface area (Å²) < 4.78 is 6.04. The quantitative estimate of drug-likeness (QED) is 0.636. The summed E-state index contributed by atoms with van der Waals surface area (Å²) >= 11 is 0. The number of benzene rings is 1. The summed E-state index contributed by atoms with van der Waals surface area (Å²) in [6.07, 6.45) is 1.75. The second kappa shape index (κ2) is 5.69. The minimum absolute atomic E-state index is 0.0722. The fourth-order valence-corrected chi connectivity index (χ4v) is 3.62. The van der Waals surface area contributed by atoms with Crippen molar-refractivity contribution in [3.05, 3.63) is 47.5 Å². The van der Waals surface area contributed by atoms with E-state index in [0.717, 1.165) is 11.1 Å². The number of fused-ring (bicyclic) bond motifs is 1. The van der Waals surface area contributed by atoms with Gasteiger partial charge in [0.25, 0.3) is 0 Å². The topological polar surface area (TPSA) is 46.6 Å². The maximum Gasteiger partial charge on any atom is 0.235 e. The molecule has 1 heterocycles. The molecule has 0 radical (unpaired) electrons. The molecule has 4 atom stereocenters. The van der Waals surface area contributed by atoms with E-state index >= 15 is 0 Å². The third kappa shape index (κ3) is 2.37. The summed E-state index contributed by atoms with van der Waals surface area (Å²) in [7, 11) is 1.57. The normalized spacial score (nSPS) is 31.2. The van der Waals surface area contributed by atoms with E-state index in [1.165, 1.54) is 4.90 Å². The molecule has 1 fully saturated rings. The van der Waals surface area contributed by atoms with Gasteiger partial charge in [0.15, 0.2) is 0 Å². The molecule has 116 valence electrons. The lowest BCUT2D eigenvalue weighted by atomic mass is 9.73. The van der Waals surface area contributed by atoms with Crippen LogP contribution in [-0.2, 0) is 20.9 Å². The number of allylic oxidation sites excluding steroid dienone is 1. The van der Waals surface area contributed by atoms with Gasteiger partial charge in [-0.25, -0.2) is 0 Å². The van der Waals surface area contributed by atoms with Gasteiger partial charge in [0.05, 0.1) is 24.5 Å². The maximum atomic E-state index is 12.5. The minimum atomic E-state index is -0.388. The molecule has 2 amide bonds. The average Bonchev–Trinajstić information content (AvgIpc) is 2.73. The molecular weight excluding hydrogens is 278 g/mol. The number of hydrogen-bond donors (Lipinski definition) is 0. The highest BCUT2D eigenvalue weighted by atomic mass is 16.5. The Morgan fingerprint density at radius 2 is 1.73 bits per heavy atom. The summed E-state index contributed by atoms with van der Waals surface area (Å²) in [6.45, 7) is 4.43. The van der Waals surface area contributed by atoms with E-state index < -0.39 is 0 Å². The number of imide groups is 1. The van der Waals surface area contributed by atoms with Crippen molar-refractivity contribution in [3.8, 4) is 0 Å². The van der Waals surface area contributed by atoms with Crippen molar-refractivity contribution in [3.63, 3.8) is 0 Å². The van der Waals surface area contributed by atoms with Gasteiger partial charge >= 0.3 is 0 Å². The second-order valence-electron chi connectivity index (χ2n) is 6.27. The van der Waals surface area contributed by atoms with Gasteiger partial charge < -0.3 is 4.74 Å². The number of nitrogens with zero attached hydrogens (tertiary/aromatic N) is 1. The zero-order chi connectivity index (χ0) is 15.9. The summed E-state index contributed by atoms with van der Waals surface area (Å²) in [5.74, 6) is -0.807. The summed E-state index contributed by atoms with van der Waals surface area (Å²) in [6, 6.07) is 9.88. The number of rotatable bonds is 3. The Morgan fingerprint density at radius 1 is 1.09 bits per heavy atom. The van der Waals surface area contributed by atoms with Crippen LogP contribution in [-0.4, -0.2) is 29.9 Å². The molecule has 0 spiro atoms. The SMILES string of the molecule is CC1=C[C@H](C)[C@@H]2C(=O)N(C)C(=O)[C@@H]2[C@@H]1OCc1ccccc1. The van der Waals surface area contributed by atoms with Crippen LogP contribution in [0.3, 0.4) is 0 Å². The Bertz CT molecular complexity index is 622. The number of ether oxygens (including phenoxy) is 1. The molecule has 1 aliphatic carbocycles. The van der Waals surface area contributed by atoms with E-state index in [0.29, 0.717) is 6.61 Å². The van der Waals surface area contributed by atoms with Gasteiger partial charge in [-0.15, -0.1) is 0 Å². The van der Waals surface area contributed by atoms with E-state index in [1.807, 2.05) is 44.2 Å². The molecule has 1 aromatic rings. The van der Waals surface area contributed by atoms with Crippen LogP contribution in [0.5, 0.6) is 0 Å². The minimum Gasteiger partial charge on any atom is -0.368 e. The Kier molecular flexibility index (Phi) is 3.87. The van der Waals surface area contributed by atoms with Crippen LogP contribution in [0.2, 0.25) is 0 Å². The zero-order valence-electron chi connectivity index (χ0n) is 13.2. The highest BCUT2D eigenvalue weighted by Gasteiger charge is 2.53. The molecular formula is C18H21NO3. The lowest BCUT2D eigenvalue weighted by Crippen LogP contribution is -2.39. The van der Waals surface area contributed by atoms with Gasteiger partial charge in [-0.05, 0) is 24.0 Å². The highest BCUT2D eigenvalue weighted by Crippen LogP contribution is 2.42. The number of carbonyl (C=O) groups is 2. The van der Waals surface area contributed by atoms with Crippen LogP contribution >= 0.6 is 0 Å². The molecule has 0 unspecified atom stereocenters. The Labute approximate surface area is 130 Å². The van der Waals surface area contributed by atoms with Crippen molar-refractivity contribution in [1.82, 2.24) is 4.90 Å². The number of carbonyl (C=O) groups excluding carboxylic acids is 2. The molecule has 22 heavy (non-hydrogen) atoms. The van der Waals surface area contributed by atoms with Crippen molar-refractivity contribution < 1.29 is 14.3 Å². The molecule has 3 rings (SSSR count). The van der Waals surface area contributed by atoms with E-state index in [9.17, 15) is 9.59 Å². The largest absolute Gasteiger partial charge is 0.368 e. The molecule has 4 nitrogen and oxygen atoms in total. The Hall–Kier alpha value is -1.94. The van der Waals surface area contributed by atoms with Crippen LogP contribution in [0.1, 0.15) is 19.4 Å². The summed E-state index contributed by atoms with van der Waals surface area (Å²) in [5, 5.41) is 0. The van der Waals surface area contributed by atoms with Crippen molar-refractivity contribution in [1.29, 1.82) is 0 Å². The monoisotopic (exact) mass is 299 g/mol. The van der Waals surface area contributed by atoms with Gasteiger partial charge in [-0.2, -0.15) is 0 Å². The molecule has 4 heteroatoms. The fraction of sp³-hybridized carbons (Fsp3) is 0.444. The van der Waals surface area contributed by atoms with Gasteiger partial charge in [-0.3, -0.25) is 14.5 Å². The number of amides is 2. The van der Waals surface area contributed by atoms with E-state index in [4.69, 9.17) is 4.74 Å². The first-order valence-electron chi connectivity index (χ1n) is 7.66. The molecule has 1 aliphatic heterocycles. The van der Waals surface area contributed by atoms with Gasteiger partial charge in [0.2, 0.25) is 11.8 Å². The number of hydrogen-bond acceptors (Lipinski definition) is 3. The first-order chi connectivity index (χ1) is 10.5. The average molecular weight is 299 g/mol. The van der Waals surface area contributed by atoms with E-state index in [2.05, 4.69) is 6.08 Å². The highest BCUT2D eigenvalue weighted by molar-refractivity contribution is 6.05. The third-order valence-corrected chi connectivity index (χ3v) is 4.76. The smallest absolute Gasteiger partial charge is 0.235 e. The van der Waals surface area contributed by atoms with E-state index in [1.54, 1.807) is 7.05 Å². The molecule has 0 aromatic heterocycles. The zero-order valence-corrected chi connectivity index (χ0v) is 13.2. The first-order valence-corrected chi connectivity index (χ1v) is 7.66. The molecule has 0 saturated carbocycles. The van der Waals surface area contributed by atoms with Crippen LogP contribution in [0.25, 0.3) is 0 Å². The first kappa shape index (κ1) is 15.0. The van der Waals surface area contributed by atoms with Gasteiger partial charge in [0, 0.05) is 7.05 Å². The van der Waals surface area contributed by atoms with Crippen LogP contribution < -0.4 is 0 Å². The predicted octanol–water partition coefficient (Wildman–Crippen LogP) is 2.40. The lowest BCUT2D eigenvalue weighted by Gasteiger charge is -2.33. The van der Waals surface area contributed by atoms with Crippen LogP contribution in [0, 0.1) is 17.8 Å². The third-order valence-electron chi connectivity index (χ3n) is 4.76. The molecule has 0 N–H and O–H groups in total. The van der Waals surface area contributed by atoms with Crippen molar-refractivity contribution in [2.45, 2.75) is 26.6 Å². The summed E-state index contributed by atoms with van der Waals surface area (Å²) in [4.78, 5) is 26.0. The van der Waals surface area contributed by atoms with Crippen LogP contribution in [0.4, 0.5) is 0 Å². The molecule has 0 bridgehead atoms. The van der Waals surface area contributed by atoms with Gasteiger partial charge in [-0.1, -0.05) is 43.3 Å². The van der Waals surface area contributed by atoms with Gasteiger partial charge in [0.1, 0.15) is 0 Å². The van der Waals surface area contributed by atoms with Crippen molar-refractivity contribution in [2.75, 3.05) is 7.05 Å². The predicted molar refractivity (Wildman–Crippen MR) is 82.7 cm³/mol.